The van der Waals surface area contributed by atoms with E-state index in [-0.39, 0.29) is 17.2 Å². The number of ether oxygens (including phenoxy) is 1. The maximum atomic E-state index is 11.3. The average Bonchev–Trinajstić information content (AvgIpc) is 2.92. The van der Waals surface area contributed by atoms with Gasteiger partial charge >= 0.3 is 5.69 Å². The topological polar surface area (TPSA) is 57.9 Å². The molecule has 0 spiro atoms. The number of alkyl halides is 1. The second-order valence-electron chi connectivity index (χ2n) is 5.04. The lowest BCUT2D eigenvalue weighted by Crippen LogP contribution is -2.08. The van der Waals surface area contributed by atoms with Crippen molar-refractivity contribution in [1.82, 2.24) is 9.97 Å². The number of aromatic nitrogens is 2. The van der Waals surface area contributed by atoms with Crippen molar-refractivity contribution in [3.63, 3.8) is 0 Å². The maximum absolute atomic E-state index is 11.3. The minimum Gasteiger partial charge on any atom is -0.378 e. The minimum absolute atomic E-state index is 0.123. The van der Waals surface area contributed by atoms with Gasteiger partial charge in [0, 0.05) is 10.4 Å². The van der Waals surface area contributed by atoms with E-state index in [0.717, 1.165) is 27.5 Å². The third kappa shape index (κ3) is 2.47. The molecule has 4 nitrogen and oxygen atoms in total. The number of H-pyrrole nitrogens is 2. The zero-order chi connectivity index (χ0) is 13.6. The van der Waals surface area contributed by atoms with Crippen LogP contribution >= 0.6 is 27.5 Å². The summed E-state index contributed by atoms with van der Waals surface area (Å²) in [5.74, 6) is 0.302. The van der Waals surface area contributed by atoms with Gasteiger partial charge in [-0.3, -0.25) is 0 Å². The van der Waals surface area contributed by atoms with Crippen LogP contribution in [0.5, 0.6) is 0 Å². The van der Waals surface area contributed by atoms with Gasteiger partial charge in [-0.25, -0.2) is 4.79 Å². The van der Waals surface area contributed by atoms with Crippen molar-refractivity contribution in [2.75, 3.05) is 6.61 Å². The van der Waals surface area contributed by atoms with Crippen LogP contribution in [0.1, 0.15) is 24.3 Å². The molecular weight excluding hydrogens is 332 g/mol. The van der Waals surface area contributed by atoms with Gasteiger partial charge in [-0.1, -0.05) is 15.9 Å². The van der Waals surface area contributed by atoms with E-state index in [1.165, 1.54) is 0 Å². The van der Waals surface area contributed by atoms with Crippen molar-refractivity contribution in [1.29, 1.82) is 0 Å². The Morgan fingerprint density at radius 1 is 1.42 bits per heavy atom. The second-order valence-corrected chi connectivity index (χ2v) is 6.36. The van der Waals surface area contributed by atoms with Gasteiger partial charge in [-0.15, -0.1) is 11.6 Å². The number of halogens is 2. The Morgan fingerprint density at radius 2 is 2.11 bits per heavy atom. The molecular formula is C13H14BrClN2O2. The smallest absolute Gasteiger partial charge is 0.323 e. The lowest BCUT2D eigenvalue weighted by atomic mass is 9.96. The highest BCUT2D eigenvalue weighted by Crippen LogP contribution is 2.40. The molecule has 1 aliphatic rings. The van der Waals surface area contributed by atoms with Gasteiger partial charge in [0.1, 0.15) is 0 Å². The lowest BCUT2D eigenvalue weighted by molar-refractivity contribution is 0.120. The first-order valence-electron chi connectivity index (χ1n) is 6.21. The van der Waals surface area contributed by atoms with Gasteiger partial charge in [0.25, 0.3) is 0 Å². The Balaban J connectivity index is 1.99. The van der Waals surface area contributed by atoms with Crippen LogP contribution in [0.4, 0.5) is 0 Å². The van der Waals surface area contributed by atoms with E-state index in [4.69, 9.17) is 16.3 Å². The molecule has 1 aromatic heterocycles. The predicted molar refractivity (Wildman–Crippen MR) is 78.7 cm³/mol. The van der Waals surface area contributed by atoms with Crippen LogP contribution in [-0.4, -0.2) is 22.7 Å². The van der Waals surface area contributed by atoms with E-state index in [0.29, 0.717) is 12.5 Å². The third-order valence-corrected chi connectivity index (χ3v) is 4.85. The van der Waals surface area contributed by atoms with Gasteiger partial charge in [0.2, 0.25) is 0 Å². The van der Waals surface area contributed by atoms with Gasteiger partial charge in [0.05, 0.1) is 29.1 Å². The Kier molecular flexibility index (Phi) is 3.45. The fourth-order valence-electron chi connectivity index (χ4n) is 2.59. The first-order valence-corrected chi connectivity index (χ1v) is 7.44. The first kappa shape index (κ1) is 13.2. The number of aromatic amines is 2. The van der Waals surface area contributed by atoms with Crippen molar-refractivity contribution in [3.8, 4) is 0 Å². The van der Waals surface area contributed by atoms with Crippen LogP contribution in [0, 0.1) is 5.92 Å². The highest BCUT2D eigenvalue weighted by molar-refractivity contribution is 9.10. The largest absolute Gasteiger partial charge is 0.378 e. The molecule has 0 saturated carbocycles. The summed E-state index contributed by atoms with van der Waals surface area (Å²) in [5.41, 5.74) is 2.34. The van der Waals surface area contributed by atoms with Crippen LogP contribution in [0.3, 0.4) is 0 Å². The molecule has 6 heteroatoms. The molecule has 0 amide bonds. The van der Waals surface area contributed by atoms with Gasteiger partial charge < -0.3 is 14.7 Å². The summed E-state index contributed by atoms with van der Waals surface area (Å²) in [6, 6.07) is 3.81. The van der Waals surface area contributed by atoms with E-state index < -0.39 is 0 Å². The van der Waals surface area contributed by atoms with Gasteiger partial charge in [0.15, 0.2) is 0 Å². The summed E-state index contributed by atoms with van der Waals surface area (Å²) in [7, 11) is 0. The number of hydrogen-bond donors (Lipinski definition) is 2. The maximum Gasteiger partial charge on any atom is 0.323 e. The van der Waals surface area contributed by atoms with E-state index in [2.05, 4.69) is 32.8 Å². The summed E-state index contributed by atoms with van der Waals surface area (Å²) >= 11 is 10.1. The number of benzene rings is 1. The van der Waals surface area contributed by atoms with Crippen molar-refractivity contribution >= 4 is 38.6 Å². The zero-order valence-electron chi connectivity index (χ0n) is 10.4. The number of imidazole rings is 1. The molecule has 0 radical (unpaired) electrons. The van der Waals surface area contributed by atoms with Crippen molar-refractivity contribution in [2.45, 2.75) is 24.8 Å². The van der Waals surface area contributed by atoms with Crippen molar-refractivity contribution in [3.05, 3.63) is 32.7 Å². The summed E-state index contributed by atoms with van der Waals surface area (Å²) in [6.45, 7) is 2.74. The summed E-state index contributed by atoms with van der Waals surface area (Å²) < 4.78 is 6.49. The monoisotopic (exact) mass is 344 g/mol. The third-order valence-electron chi connectivity index (χ3n) is 3.57. The minimum atomic E-state index is -0.206. The Labute approximate surface area is 123 Å². The van der Waals surface area contributed by atoms with Gasteiger partial charge in [-0.2, -0.15) is 0 Å². The first-order chi connectivity index (χ1) is 9.04. The lowest BCUT2D eigenvalue weighted by Gasteiger charge is -2.17. The van der Waals surface area contributed by atoms with Crippen LogP contribution in [0.15, 0.2) is 21.4 Å². The molecule has 0 aliphatic carbocycles. The van der Waals surface area contributed by atoms with Crippen molar-refractivity contribution < 1.29 is 4.74 Å². The van der Waals surface area contributed by atoms with E-state index in [9.17, 15) is 4.79 Å². The number of nitrogens with one attached hydrogen (secondary N) is 2. The fraction of sp³-hybridized carbons (Fsp3) is 0.462. The predicted octanol–water partition coefficient (Wildman–Crippen LogP) is 3.32. The van der Waals surface area contributed by atoms with E-state index in [1.54, 1.807) is 0 Å². The molecule has 1 aromatic carbocycles. The van der Waals surface area contributed by atoms with Crippen LogP contribution < -0.4 is 5.69 Å². The summed E-state index contributed by atoms with van der Waals surface area (Å²) in [5, 5.41) is -0.123. The second kappa shape index (κ2) is 4.96. The standard InChI is InChI=1S/C13H14BrClN2O2/c1-6-2-7(5-19-6)12(15)8-3-10-11(4-9(8)14)17-13(18)16-10/h3-4,6-7,12H,2,5H2,1H3,(H2,16,17,18). The Hall–Kier alpha value is -0.780. The average molecular weight is 346 g/mol. The fourth-order valence-corrected chi connectivity index (χ4v) is 3.67. The summed E-state index contributed by atoms with van der Waals surface area (Å²) in [4.78, 5) is 16.8. The normalized spacial score (nSPS) is 25.0. The van der Waals surface area contributed by atoms with Crippen LogP contribution in [0.25, 0.3) is 11.0 Å². The number of rotatable bonds is 2. The highest BCUT2D eigenvalue weighted by Gasteiger charge is 2.30. The Morgan fingerprint density at radius 3 is 2.74 bits per heavy atom. The zero-order valence-corrected chi connectivity index (χ0v) is 12.7. The molecule has 19 heavy (non-hydrogen) atoms. The molecule has 2 aromatic rings. The molecule has 2 heterocycles. The molecule has 3 atom stereocenters. The number of hydrogen-bond acceptors (Lipinski definition) is 2. The van der Waals surface area contributed by atoms with Crippen molar-refractivity contribution in [2.24, 2.45) is 5.92 Å². The van der Waals surface area contributed by atoms with E-state index >= 15 is 0 Å². The molecule has 1 aliphatic heterocycles. The Bertz CT molecular complexity index is 666. The molecule has 3 unspecified atom stereocenters. The molecule has 2 N–H and O–H groups in total. The quantitative estimate of drug-likeness (QED) is 0.820. The number of fused-ring (bicyclic) bond motifs is 1. The van der Waals surface area contributed by atoms with E-state index in [1.807, 2.05) is 12.1 Å². The highest BCUT2D eigenvalue weighted by atomic mass is 79.9. The van der Waals surface area contributed by atoms with Crippen LogP contribution in [-0.2, 0) is 4.74 Å². The summed E-state index contributed by atoms with van der Waals surface area (Å²) in [6.07, 6.45) is 1.23. The molecule has 102 valence electrons. The molecule has 0 bridgehead atoms. The van der Waals surface area contributed by atoms with Gasteiger partial charge in [-0.05, 0) is 31.0 Å². The molecule has 1 saturated heterocycles. The molecule has 1 fully saturated rings. The SMILES string of the molecule is CC1CC(C(Cl)c2cc3[nH]c(=O)[nH]c3cc2Br)CO1. The van der Waals surface area contributed by atoms with Crippen LogP contribution in [0.2, 0.25) is 0 Å². The molecule has 3 rings (SSSR count).